The van der Waals surface area contributed by atoms with Crippen molar-refractivity contribution in [2.24, 2.45) is 0 Å². The second-order valence-electron chi connectivity index (χ2n) is 5.09. The standard InChI is InChI=1S/C13H18ClN3O4/c1-21-9-13(12(19)20)4-2-5-17(13)11(18)3-6-16-8-10(14)7-15-16/h7-8H,2-6,9H2,1H3,(H,19,20). The van der Waals surface area contributed by atoms with Gasteiger partial charge < -0.3 is 14.7 Å². The fraction of sp³-hybridized carbons (Fsp3) is 0.615. The Morgan fingerprint density at radius 1 is 1.57 bits per heavy atom. The van der Waals surface area contributed by atoms with Gasteiger partial charge in [-0.2, -0.15) is 5.10 Å². The van der Waals surface area contributed by atoms with E-state index in [0.717, 1.165) is 0 Å². The second-order valence-corrected chi connectivity index (χ2v) is 5.53. The Bertz CT molecular complexity index is 533. The lowest BCUT2D eigenvalue weighted by molar-refractivity contribution is -0.160. The molecule has 0 saturated carbocycles. The van der Waals surface area contributed by atoms with Crippen LogP contribution < -0.4 is 0 Å². The van der Waals surface area contributed by atoms with Gasteiger partial charge in [0.25, 0.3) is 0 Å². The summed E-state index contributed by atoms with van der Waals surface area (Å²) in [7, 11) is 1.44. The number of nitrogens with zero attached hydrogens (tertiary/aromatic N) is 3. The van der Waals surface area contributed by atoms with Gasteiger partial charge in [-0.15, -0.1) is 0 Å². The molecule has 116 valence electrons. The number of carbonyl (C=O) groups excluding carboxylic acids is 1. The summed E-state index contributed by atoms with van der Waals surface area (Å²) >= 11 is 5.76. The molecule has 0 aliphatic carbocycles. The summed E-state index contributed by atoms with van der Waals surface area (Å²) in [5.74, 6) is -1.23. The first-order valence-corrected chi connectivity index (χ1v) is 7.08. The third-order valence-electron chi connectivity index (χ3n) is 3.73. The second kappa shape index (κ2) is 6.44. The molecule has 21 heavy (non-hydrogen) atoms. The Labute approximate surface area is 127 Å². The minimum atomic E-state index is -1.24. The number of carboxylic acids is 1. The Morgan fingerprint density at radius 2 is 2.33 bits per heavy atom. The molecule has 1 aliphatic rings. The van der Waals surface area contributed by atoms with Crippen LogP contribution in [-0.2, 0) is 20.9 Å². The van der Waals surface area contributed by atoms with Crippen LogP contribution in [0.5, 0.6) is 0 Å². The summed E-state index contributed by atoms with van der Waals surface area (Å²) in [6.07, 6.45) is 4.37. The number of carboxylic acid groups (broad SMARTS) is 1. The zero-order chi connectivity index (χ0) is 15.5. The molecule has 1 aliphatic heterocycles. The van der Waals surface area contributed by atoms with Crippen LogP contribution in [0.3, 0.4) is 0 Å². The van der Waals surface area contributed by atoms with Gasteiger partial charge in [0, 0.05) is 32.8 Å². The monoisotopic (exact) mass is 315 g/mol. The smallest absolute Gasteiger partial charge is 0.332 e. The molecule has 2 heterocycles. The number of aliphatic carboxylic acids is 1. The molecule has 0 aromatic carbocycles. The van der Waals surface area contributed by atoms with Crippen LogP contribution in [0.2, 0.25) is 5.02 Å². The van der Waals surface area contributed by atoms with E-state index in [9.17, 15) is 14.7 Å². The molecular formula is C13H18ClN3O4. The maximum atomic E-state index is 12.4. The summed E-state index contributed by atoms with van der Waals surface area (Å²) < 4.78 is 6.59. The van der Waals surface area contributed by atoms with Gasteiger partial charge in [0.1, 0.15) is 0 Å². The van der Waals surface area contributed by atoms with Crippen molar-refractivity contribution in [1.82, 2.24) is 14.7 Å². The highest BCUT2D eigenvalue weighted by Gasteiger charge is 2.49. The van der Waals surface area contributed by atoms with E-state index in [4.69, 9.17) is 16.3 Å². The predicted octanol–water partition coefficient (Wildman–Crippen LogP) is 1.02. The van der Waals surface area contributed by atoms with Gasteiger partial charge in [-0.25, -0.2) is 4.79 Å². The summed E-state index contributed by atoms with van der Waals surface area (Å²) in [6, 6.07) is 0. The van der Waals surface area contributed by atoms with Crippen molar-refractivity contribution in [2.75, 3.05) is 20.3 Å². The first-order chi connectivity index (χ1) is 9.99. The van der Waals surface area contributed by atoms with Gasteiger partial charge in [0.05, 0.1) is 17.8 Å². The minimum absolute atomic E-state index is 0.00166. The Balaban J connectivity index is 2.04. The van der Waals surface area contributed by atoms with E-state index in [2.05, 4.69) is 5.10 Å². The summed E-state index contributed by atoms with van der Waals surface area (Å²) in [5.41, 5.74) is -1.24. The number of aromatic nitrogens is 2. The molecule has 1 atom stereocenters. The number of methoxy groups -OCH3 is 1. The van der Waals surface area contributed by atoms with Crippen molar-refractivity contribution in [3.8, 4) is 0 Å². The van der Waals surface area contributed by atoms with Crippen molar-refractivity contribution in [1.29, 1.82) is 0 Å². The zero-order valence-corrected chi connectivity index (χ0v) is 12.5. The number of aryl methyl sites for hydroxylation is 1. The van der Waals surface area contributed by atoms with Gasteiger partial charge in [-0.1, -0.05) is 11.6 Å². The van der Waals surface area contributed by atoms with Gasteiger partial charge in [-0.3, -0.25) is 9.48 Å². The molecule has 0 spiro atoms. The third-order valence-corrected chi connectivity index (χ3v) is 3.92. The molecule has 1 fully saturated rings. The number of hydrogen-bond acceptors (Lipinski definition) is 4. The molecule has 1 saturated heterocycles. The Morgan fingerprint density at radius 3 is 2.90 bits per heavy atom. The number of carbonyl (C=O) groups is 2. The lowest BCUT2D eigenvalue weighted by atomic mass is 9.97. The molecule has 2 rings (SSSR count). The van der Waals surface area contributed by atoms with Crippen LogP contribution in [0.4, 0.5) is 0 Å². The Hall–Kier alpha value is -1.60. The maximum Gasteiger partial charge on any atom is 0.332 e. The summed E-state index contributed by atoms with van der Waals surface area (Å²) in [4.78, 5) is 25.4. The molecular weight excluding hydrogens is 298 g/mol. The molecule has 8 heteroatoms. The van der Waals surface area contributed by atoms with Gasteiger partial charge in [0.2, 0.25) is 5.91 Å². The highest BCUT2D eigenvalue weighted by atomic mass is 35.5. The molecule has 7 nitrogen and oxygen atoms in total. The lowest BCUT2D eigenvalue weighted by Crippen LogP contribution is -2.56. The van der Waals surface area contributed by atoms with Crippen molar-refractivity contribution in [2.45, 2.75) is 31.3 Å². The van der Waals surface area contributed by atoms with Crippen molar-refractivity contribution in [3.63, 3.8) is 0 Å². The number of hydrogen-bond donors (Lipinski definition) is 1. The maximum absolute atomic E-state index is 12.4. The first kappa shape index (κ1) is 15.8. The molecule has 0 bridgehead atoms. The topological polar surface area (TPSA) is 84.7 Å². The van der Waals surface area contributed by atoms with Crippen molar-refractivity contribution < 1.29 is 19.4 Å². The summed E-state index contributed by atoms with van der Waals surface area (Å²) in [6.45, 7) is 0.806. The number of ether oxygens (including phenoxy) is 1. The van der Waals surface area contributed by atoms with Crippen LogP contribution in [0.25, 0.3) is 0 Å². The quantitative estimate of drug-likeness (QED) is 0.847. The van der Waals surface area contributed by atoms with E-state index in [1.165, 1.54) is 18.2 Å². The highest BCUT2D eigenvalue weighted by Crippen LogP contribution is 2.30. The zero-order valence-electron chi connectivity index (χ0n) is 11.8. The van der Waals surface area contributed by atoms with Crippen LogP contribution in [0, 0.1) is 0 Å². The number of amides is 1. The van der Waals surface area contributed by atoms with Crippen LogP contribution >= 0.6 is 11.6 Å². The SMILES string of the molecule is COCC1(C(=O)O)CCCN1C(=O)CCn1cc(Cl)cn1. The summed E-state index contributed by atoms with van der Waals surface area (Å²) in [5, 5.41) is 14.0. The number of rotatable bonds is 6. The fourth-order valence-corrected chi connectivity index (χ4v) is 2.88. The molecule has 1 unspecified atom stereocenters. The van der Waals surface area contributed by atoms with Gasteiger partial charge in [-0.05, 0) is 12.8 Å². The van der Waals surface area contributed by atoms with E-state index in [0.29, 0.717) is 31.0 Å². The molecule has 1 amide bonds. The average Bonchev–Trinajstić information content (AvgIpc) is 3.04. The van der Waals surface area contributed by atoms with Crippen molar-refractivity contribution in [3.05, 3.63) is 17.4 Å². The van der Waals surface area contributed by atoms with Crippen LogP contribution in [-0.4, -0.2) is 57.5 Å². The molecule has 0 radical (unpaired) electrons. The number of halogens is 1. The predicted molar refractivity (Wildman–Crippen MR) is 75.0 cm³/mol. The molecule has 1 aromatic rings. The third kappa shape index (κ3) is 3.19. The van der Waals surface area contributed by atoms with E-state index >= 15 is 0 Å². The van der Waals surface area contributed by atoms with E-state index in [1.807, 2.05) is 0 Å². The van der Waals surface area contributed by atoms with Gasteiger partial charge >= 0.3 is 5.97 Å². The van der Waals surface area contributed by atoms with E-state index in [1.54, 1.807) is 10.9 Å². The molecule has 1 N–H and O–H groups in total. The largest absolute Gasteiger partial charge is 0.479 e. The Kier molecular flexibility index (Phi) is 4.84. The fourth-order valence-electron chi connectivity index (χ4n) is 2.72. The lowest BCUT2D eigenvalue weighted by Gasteiger charge is -2.34. The van der Waals surface area contributed by atoms with E-state index in [-0.39, 0.29) is 18.9 Å². The van der Waals surface area contributed by atoms with Gasteiger partial charge in [0.15, 0.2) is 5.54 Å². The van der Waals surface area contributed by atoms with E-state index < -0.39 is 11.5 Å². The highest BCUT2D eigenvalue weighted by molar-refractivity contribution is 6.30. The van der Waals surface area contributed by atoms with Crippen LogP contribution in [0.1, 0.15) is 19.3 Å². The van der Waals surface area contributed by atoms with Crippen LogP contribution in [0.15, 0.2) is 12.4 Å². The number of likely N-dealkylation sites (tertiary alicyclic amines) is 1. The minimum Gasteiger partial charge on any atom is -0.479 e. The normalized spacial score (nSPS) is 21.7. The van der Waals surface area contributed by atoms with Crippen molar-refractivity contribution >= 4 is 23.5 Å². The first-order valence-electron chi connectivity index (χ1n) is 6.70. The molecule has 1 aromatic heterocycles. The average molecular weight is 316 g/mol.